The zero-order valence-electron chi connectivity index (χ0n) is 18.1. The van der Waals surface area contributed by atoms with E-state index >= 15 is 0 Å². The highest BCUT2D eigenvalue weighted by molar-refractivity contribution is 6.30. The maximum atomic E-state index is 12.6. The molecule has 3 rings (SSSR count). The van der Waals surface area contributed by atoms with Gasteiger partial charge >= 0.3 is 6.18 Å². The van der Waals surface area contributed by atoms with Crippen LogP contribution in [-0.2, 0) is 4.79 Å². The van der Waals surface area contributed by atoms with Crippen LogP contribution in [0.5, 0.6) is 0 Å². The van der Waals surface area contributed by atoms with Gasteiger partial charge < -0.3 is 15.1 Å². The minimum absolute atomic E-state index is 0.0562. The van der Waals surface area contributed by atoms with Crippen LogP contribution in [0.2, 0.25) is 5.02 Å². The van der Waals surface area contributed by atoms with E-state index < -0.39 is 12.6 Å². The van der Waals surface area contributed by atoms with Crippen LogP contribution in [-0.4, -0.2) is 73.7 Å². The SMILES string of the molecule is C=C/C(=C\CC(F)(F)F)N[C@@H]1CCN(C(=O)CCN2CCN(c3ccc(Cl)cc3)CC2)C1. The quantitative estimate of drug-likeness (QED) is 0.581. The number of amides is 1. The number of allylic oxidation sites excluding steroid dienone is 2. The van der Waals surface area contributed by atoms with Gasteiger partial charge in [-0.25, -0.2) is 0 Å². The molecule has 1 atom stereocenters. The van der Waals surface area contributed by atoms with Crippen LogP contribution in [0, 0.1) is 0 Å². The van der Waals surface area contributed by atoms with Gasteiger partial charge in [-0.1, -0.05) is 24.3 Å². The van der Waals surface area contributed by atoms with Gasteiger partial charge in [0.05, 0.1) is 6.42 Å². The molecule has 1 aromatic carbocycles. The zero-order valence-corrected chi connectivity index (χ0v) is 18.8. The molecule has 0 aliphatic carbocycles. The highest BCUT2D eigenvalue weighted by atomic mass is 35.5. The third kappa shape index (κ3) is 7.45. The van der Waals surface area contributed by atoms with E-state index in [0.717, 1.165) is 43.0 Å². The molecule has 1 amide bonds. The third-order valence-corrected chi connectivity index (χ3v) is 6.14. The Morgan fingerprint density at radius 2 is 1.84 bits per heavy atom. The molecule has 9 heteroatoms. The number of nitrogens with zero attached hydrogens (tertiary/aromatic N) is 3. The number of alkyl halides is 3. The van der Waals surface area contributed by atoms with E-state index in [-0.39, 0.29) is 11.9 Å². The summed E-state index contributed by atoms with van der Waals surface area (Å²) in [6.45, 7) is 9.00. The molecule has 2 heterocycles. The van der Waals surface area contributed by atoms with Gasteiger partial charge in [0.25, 0.3) is 0 Å². The molecular weight excluding hydrogens is 441 g/mol. The normalized spacial score (nSPS) is 20.5. The second-order valence-electron chi connectivity index (χ2n) is 8.21. The largest absolute Gasteiger partial charge is 0.392 e. The first kappa shape index (κ1) is 24.5. The summed E-state index contributed by atoms with van der Waals surface area (Å²) in [5, 5.41) is 3.80. The predicted molar refractivity (Wildman–Crippen MR) is 122 cm³/mol. The highest BCUT2D eigenvalue weighted by Gasteiger charge is 2.28. The fourth-order valence-corrected chi connectivity index (χ4v) is 4.19. The number of anilines is 1. The minimum Gasteiger partial charge on any atom is -0.381 e. The molecule has 0 saturated carbocycles. The lowest BCUT2D eigenvalue weighted by Crippen LogP contribution is -2.47. The van der Waals surface area contributed by atoms with Gasteiger partial charge in [0.1, 0.15) is 0 Å². The van der Waals surface area contributed by atoms with Crippen molar-refractivity contribution in [1.82, 2.24) is 15.1 Å². The monoisotopic (exact) mass is 470 g/mol. The van der Waals surface area contributed by atoms with Crippen molar-refractivity contribution in [1.29, 1.82) is 0 Å². The van der Waals surface area contributed by atoms with Gasteiger partial charge in [0.2, 0.25) is 5.91 Å². The topological polar surface area (TPSA) is 38.8 Å². The number of rotatable bonds is 8. The molecule has 32 heavy (non-hydrogen) atoms. The lowest BCUT2D eigenvalue weighted by Gasteiger charge is -2.36. The van der Waals surface area contributed by atoms with Crippen molar-refractivity contribution < 1.29 is 18.0 Å². The first-order valence-corrected chi connectivity index (χ1v) is 11.3. The second kappa shape index (κ2) is 11.1. The van der Waals surface area contributed by atoms with E-state index in [2.05, 4.69) is 21.7 Å². The molecule has 0 unspecified atom stereocenters. The third-order valence-electron chi connectivity index (χ3n) is 5.89. The van der Waals surface area contributed by atoms with Gasteiger partial charge in [0.15, 0.2) is 0 Å². The van der Waals surface area contributed by atoms with Crippen LogP contribution >= 0.6 is 11.6 Å². The van der Waals surface area contributed by atoms with Gasteiger partial charge in [-0.15, -0.1) is 0 Å². The summed E-state index contributed by atoms with van der Waals surface area (Å²) >= 11 is 5.96. The van der Waals surface area contributed by atoms with Gasteiger partial charge in [0, 0.05) is 74.7 Å². The summed E-state index contributed by atoms with van der Waals surface area (Å²) in [6.07, 6.45) is -1.59. The van der Waals surface area contributed by atoms with Crippen LogP contribution in [0.1, 0.15) is 19.3 Å². The van der Waals surface area contributed by atoms with E-state index in [1.54, 1.807) is 4.90 Å². The van der Waals surface area contributed by atoms with Crippen molar-refractivity contribution in [2.24, 2.45) is 0 Å². The molecule has 1 aromatic rings. The fraction of sp³-hybridized carbons (Fsp3) is 0.522. The van der Waals surface area contributed by atoms with Crippen LogP contribution in [0.4, 0.5) is 18.9 Å². The van der Waals surface area contributed by atoms with Crippen molar-refractivity contribution in [2.45, 2.75) is 31.5 Å². The first-order chi connectivity index (χ1) is 15.2. The molecule has 1 N–H and O–H groups in total. The molecule has 0 spiro atoms. The number of carbonyl (C=O) groups excluding carboxylic acids is 1. The second-order valence-corrected chi connectivity index (χ2v) is 8.64. The fourth-order valence-electron chi connectivity index (χ4n) is 4.06. The molecule has 5 nitrogen and oxygen atoms in total. The number of halogens is 4. The summed E-state index contributed by atoms with van der Waals surface area (Å²) in [4.78, 5) is 19.0. The molecule has 2 aliphatic heterocycles. The Morgan fingerprint density at radius 1 is 1.16 bits per heavy atom. The van der Waals surface area contributed by atoms with E-state index in [0.29, 0.717) is 38.2 Å². The molecule has 0 radical (unpaired) electrons. The Labute approximate surface area is 192 Å². The Morgan fingerprint density at radius 3 is 2.47 bits per heavy atom. The highest BCUT2D eigenvalue weighted by Crippen LogP contribution is 2.22. The van der Waals surface area contributed by atoms with E-state index in [9.17, 15) is 18.0 Å². The van der Waals surface area contributed by atoms with Crippen molar-refractivity contribution in [3.05, 3.63) is 53.7 Å². The number of likely N-dealkylation sites (tertiary alicyclic amines) is 1. The van der Waals surface area contributed by atoms with Crippen molar-refractivity contribution in [3.8, 4) is 0 Å². The molecule has 2 fully saturated rings. The molecule has 176 valence electrons. The van der Waals surface area contributed by atoms with E-state index in [1.165, 1.54) is 6.08 Å². The van der Waals surface area contributed by atoms with Gasteiger partial charge in [-0.05, 0) is 36.8 Å². The van der Waals surface area contributed by atoms with Crippen LogP contribution < -0.4 is 10.2 Å². The van der Waals surface area contributed by atoms with E-state index in [1.807, 2.05) is 24.3 Å². The average Bonchev–Trinajstić information content (AvgIpc) is 3.24. The average molecular weight is 471 g/mol. The van der Waals surface area contributed by atoms with Crippen LogP contribution in [0.25, 0.3) is 0 Å². The number of carbonyl (C=O) groups is 1. The number of nitrogens with one attached hydrogen (secondary N) is 1. The van der Waals surface area contributed by atoms with Crippen LogP contribution in [0.3, 0.4) is 0 Å². The minimum atomic E-state index is -4.24. The molecule has 2 saturated heterocycles. The smallest absolute Gasteiger partial charge is 0.381 e. The molecule has 0 aromatic heterocycles. The Balaban J connectivity index is 1.38. The summed E-state index contributed by atoms with van der Waals surface area (Å²) < 4.78 is 37.3. The number of benzene rings is 1. The Hall–Kier alpha value is -2.19. The maximum Gasteiger partial charge on any atom is 0.392 e. The number of hydrogen-bond acceptors (Lipinski definition) is 4. The van der Waals surface area contributed by atoms with Crippen molar-refractivity contribution >= 4 is 23.2 Å². The van der Waals surface area contributed by atoms with Crippen molar-refractivity contribution in [2.75, 3.05) is 50.7 Å². The zero-order chi connectivity index (χ0) is 23.1. The molecular formula is C23H30ClF3N4O. The molecule has 2 aliphatic rings. The van der Waals surface area contributed by atoms with Gasteiger partial charge in [-0.2, -0.15) is 13.2 Å². The maximum absolute atomic E-state index is 12.6. The summed E-state index contributed by atoms with van der Waals surface area (Å²) in [6, 6.07) is 7.78. The Kier molecular flexibility index (Phi) is 8.48. The predicted octanol–water partition coefficient (Wildman–Crippen LogP) is 4.06. The molecule has 0 bridgehead atoms. The lowest BCUT2D eigenvalue weighted by atomic mass is 10.2. The number of piperazine rings is 1. The first-order valence-electron chi connectivity index (χ1n) is 10.9. The summed E-state index contributed by atoms with van der Waals surface area (Å²) in [5.41, 5.74) is 1.52. The Bertz CT molecular complexity index is 804. The standard InChI is InChI=1S/C23H30ClF3N4O/c1-2-19(7-10-23(25,26)27)28-20-8-12-31(17-20)22(32)9-11-29-13-15-30(16-14-29)21-5-3-18(24)4-6-21/h2-7,20,28H,1,8-17H2/b19-7+/t20-/m1/s1. The van der Waals surface area contributed by atoms with Crippen LogP contribution in [0.15, 0.2) is 48.7 Å². The summed E-state index contributed by atoms with van der Waals surface area (Å²) in [7, 11) is 0. The lowest BCUT2D eigenvalue weighted by molar-refractivity contribution is -0.130. The van der Waals surface area contributed by atoms with Gasteiger partial charge in [-0.3, -0.25) is 9.69 Å². The summed E-state index contributed by atoms with van der Waals surface area (Å²) in [5.74, 6) is 0.0915. The van der Waals surface area contributed by atoms with E-state index in [4.69, 9.17) is 11.6 Å². The number of hydrogen-bond donors (Lipinski definition) is 1. The van der Waals surface area contributed by atoms with Crippen molar-refractivity contribution in [3.63, 3.8) is 0 Å².